The second kappa shape index (κ2) is 12.3. The van der Waals surface area contributed by atoms with Crippen LogP contribution in [-0.2, 0) is 26.2 Å². The zero-order valence-corrected chi connectivity index (χ0v) is 34.6. The molecule has 0 aromatic heterocycles. The van der Waals surface area contributed by atoms with Crippen LogP contribution >= 0.6 is 23.1 Å². The summed E-state index contributed by atoms with van der Waals surface area (Å²) < 4.78 is 48.2. The normalized spacial score (nSPS) is 15.0. The Kier molecular flexibility index (Phi) is 9.78. The molecule has 0 aliphatic carbocycles. The molecule has 48 heavy (non-hydrogen) atoms. The molecule has 0 spiro atoms. The molecule has 0 amide bonds. The molecule has 0 fully saturated rings. The Morgan fingerprint density at radius 3 is 1.21 bits per heavy atom. The maximum atomic E-state index is 16.9. The maximum Gasteiger partial charge on any atom is 0.246 e. The van der Waals surface area contributed by atoms with Gasteiger partial charge in [0.15, 0.2) is 18.6 Å². The van der Waals surface area contributed by atoms with E-state index < -0.39 is 12.9 Å². The van der Waals surface area contributed by atoms with Crippen molar-refractivity contribution in [3.63, 3.8) is 0 Å². The van der Waals surface area contributed by atoms with Crippen LogP contribution in [0.25, 0.3) is 0 Å². The summed E-state index contributed by atoms with van der Waals surface area (Å²) in [6.45, 7) is 29.7. The SMILES string of the molecule is COc1cc(P(=O)(c2cc(C(C)(C)C)c(OC)c(C(C)(C)C)c2)c2cc(C(C)(C)C)c(OC)c(C(C)(C)C)c2)c(Br)c2c1OC(C)(C)O2. The molecule has 1 aliphatic rings. The third-order valence-electron chi connectivity index (χ3n) is 8.89. The lowest BCUT2D eigenvalue weighted by atomic mass is 9.79. The molecule has 3 aromatic rings. The van der Waals surface area contributed by atoms with E-state index >= 15 is 4.57 Å². The molecular formula is C40H56BrO6P. The fourth-order valence-electron chi connectivity index (χ4n) is 6.35. The number of hydrogen-bond donors (Lipinski definition) is 0. The maximum absolute atomic E-state index is 16.9. The molecule has 264 valence electrons. The Morgan fingerprint density at radius 1 is 0.583 bits per heavy atom. The molecule has 8 heteroatoms. The summed E-state index contributed by atoms with van der Waals surface area (Å²) in [4.78, 5) is 0. The van der Waals surface area contributed by atoms with Crippen molar-refractivity contribution in [1.82, 2.24) is 0 Å². The van der Waals surface area contributed by atoms with E-state index in [1.165, 1.54) is 0 Å². The van der Waals surface area contributed by atoms with Gasteiger partial charge in [0.1, 0.15) is 11.5 Å². The average molecular weight is 744 g/mol. The van der Waals surface area contributed by atoms with E-state index in [4.69, 9.17) is 23.7 Å². The van der Waals surface area contributed by atoms with Gasteiger partial charge < -0.3 is 28.2 Å². The fourth-order valence-corrected chi connectivity index (χ4v) is 10.2. The molecule has 0 N–H and O–H groups in total. The highest BCUT2D eigenvalue weighted by atomic mass is 79.9. The van der Waals surface area contributed by atoms with E-state index in [1.54, 1.807) is 21.3 Å². The van der Waals surface area contributed by atoms with Gasteiger partial charge in [0.25, 0.3) is 0 Å². The summed E-state index contributed by atoms with van der Waals surface area (Å²) in [7, 11) is 1.28. The van der Waals surface area contributed by atoms with Crippen LogP contribution in [0.2, 0.25) is 0 Å². The molecule has 0 atom stereocenters. The van der Waals surface area contributed by atoms with Gasteiger partial charge in [0.2, 0.25) is 11.5 Å². The van der Waals surface area contributed by atoms with E-state index in [-0.39, 0.29) is 21.7 Å². The Bertz CT molecular complexity index is 1620. The predicted molar refractivity (Wildman–Crippen MR) is 203 cm³/mol. The van der Waals surface area contributed by atoms with Crippen molar-refractivity contribution in [2.75, 3.05) is 21.3 Å². The van der Waals surface area contributed by atoms with E-state index in [2.05, 4.69) is 123 Å². The van der Waals surface area contributed by atoms with E-state index in [1.807, 2.05) is 19.9 Å². The Hall–Kier alpha value is -2.63. The monoisotopic (exact) mass is 742 g/mol. The molecular weight excluding hydrogens is 687 g/mol. The summed E-state index contributed by atoms with van der Waals surface area (Å²) >= 11 is 3.88. The van der Waals surface area contributed by atoms with Crippen LogP contribution in [-0.4, -0.2) is 27.1 Å². The lowest BCUT2D eigenvalue weighted by molar-refractivity contribution is -0.0442. The molecule has 6 nitrogen and oxygen atoms in total. The van der Waals surface area contributed by atoms with Crippen molar-refractivity contribution in [3.05, 3.63) is 57.1 Å². The van der Waals surface area contributed by atoms with Crippen LogP contribution in [0.3, 0.4) is 0 Å². The number of benzene rings is 3. The molecule has 0 bridgehead atoms. The van der Waals surface area contributed by atoms with E-state index in [0.717, 1.165) is 33.8 Å². The minimum atomic E-state index is -3.75. The van der Waals surface area contributed by atoms with Gasteiger partial charge in [-0.05, 0) is 67.9 Å². The van der Waals surface area contributed by atoms with Crippen LogP contribution < -0.4 is 39.6 Å². The third-order valence-corrected chi connectivity index (χ3v) is 13.0. The summed E-state index contributed by atoms with van der Waals surface area (Å²) in [5.41, 5.74) is 2.69. The first-order valence-electron chi connectivity index (χ1n) is 16.6. The van der Waals surface area contributed by atoms with Crippen molar-refractivity contribution in [2.24, 2.45) is 0 Å². The number of halogens is 1. The van der Waals surface area contributed by atoms with Crippen LogP contribution in [0, 0.1) is 0 Å². The number of methoxy groups -OCH3 is 3. The van der Waals surface area contributed by atoms with Crippen molar-refractivity contribution in [2.45, 2.75) is 124 Å². The van der Waals surface area contributed by atoms with Crippen LogP contribution in [0.15, 0.2) is 34.8 Å². The van der Waals surface area contributed by atoms with Crippen LogP contribution in [0.5, 0.6) is 28.7 Å². The van der Waals surface area contributed by atoms with Gasteiger partial charge in [0, 0.05) is 52.0 Å². The number of hydrogen-bond acceptors (Lipinski definition) is 6. The van der Waals surface area contributed by atoms with Gasteiger partial charge in [-0.2, -0.15) is 0 Å². The lowest BCUT2D eigenvalue weighted by Gasteiger charge is -2.34. The molecule has 4 rings (SSSR count). The topological polar surface area (TPSA) is 63.2 Å². The van der Waals surface area contributed by atoms with Crippen molar-refractivity contribution in [3.8, 4) is 28.7 Å². The van der Waals surface area contributed by atoms with Gasteiger partial charge in [-0.25, -0.2) is 0 Å². The molecule has 3 aromatic carbocycles. The van der Waals surface area contributed by atoms with Gasteiger partial charge >= 0.3 is 0 Å². The second-order valence-corrected chi connectivity index (χ2v) is 21.0. The predicted octanol–water partition coefficient (Wildman–Crippen LogP) is 9.81. The summed E-state index contributed by atoms with van der Waals surface area (Å²) in [6, 6.07) is 10.2. The van der Waals surface area contributed by atoms with Gasteiger partial charge in [-0.15, -0.1) is 0 Å². The van der Waals surface area contributed by atoms with Crippen LogP contribution in [0.1, 0.15) is 119 Å². The van der Waals surface area contributed by atoms with Gasteiger partial charge in [-0.1, -0.05) is 83.1 Å². The smallest absolute Gasteiger partial charge is 0.246 e. The highest BCUT2D eigenvalue weighted by Crippen LogP contribution is 2.57. The largest absolute Gasteiger partial charge is 0.496 e. The zero-order chi connectivity index (χ0) is 36.6. The molecule has 0 saturated heterocycles. The van der Waals surface area contributed by atoms with Crippen molar-refractivity contribution >= 4 is 39.0 Å². The first-order chi connectivity index (χ1) is 21.7. The Morgan fingerprint density at radius 2 is 0.917 bits per heavy atom. The van der Waals surface area contributed by atoms with Crippen LogP contribution in [0.4, 0.5) is 0 Å². The third kappa shape index (κ3) is 6.75. The quantitative estimate of drug-likeness (QED) is 0.235. The summed E-state index contributed by atoms with van der Waals surface area (Å²) in [6.07, 6.45) is 0. The summed E-state index contributed by atoms with van der Waals surface area (Å²) in [5, 5.41) is 1.96. The number of ether oxygens (including phenoxy) is 5. The molecule has 1 aliphatic heterocycles. The van der Waals surface area contributed by atoms with E-state index in [9.17, 15) is 0 Å². The lowest BCUT2D eigenvalue weighted by Crippen LogP contribution is -2.32. The minimum Gasteiger partial charge on any atom is -0.496 e. The number of fused-ring (bicyclic) bond motifs is 1. The molecule has 1 heterocycles. The van der Waals surface area contributed by atoms with Crippen molar-refractivity contribution in [1.29, 1.82) is 0 Å². The Balaban J connectivity index is 2.34. The highest BCUT2D eigenvalue weighted by molar-refractivity contribution is 9.10. The molecule has 0 saturated carbocycles. The van der Waals surface area contributed by atoms with E-state index in [0.29, 0.717) is 37.6 Å². The zero-order valence-electron chi connectivity index (χ0n) is 32.2. The first-order valence-corrected chi connectivity index (χ1v) is 19.1. The molecule has 0 radical (unpaired) electrons. The van der Waals surface area contributed by atoms with Gasteiger partial charge in [0.05, 0.1) is 25.8 Å². The minimum absolute atomic E-state index is 0.312. The van der Waals surface area contributed by atoms with Crippen molar-refractivity contribution < 1.29 is 28.2 Å². The average Bonchev–Trinajstić information content (AvgIpc) is 3.29. The first kappa shape index (κ1) is 38.2. The standard InChI is InChI=1S/C40H56BrO6P/c1-36(2,3)25-18-23(19-26(32(25)44-16)37(4,5)6)48(42,30-22-29(43-15)34-35(31(30)41)47-40(13,14)46-34)24-20-27(38(7,8)9)33(45-17)28(21-24)39(10,11)12/h18-22H,1-17H3. The fraction of sp³-hybridized carbons (Fsp3) is 0.550. The highest BCUT2D eigenvalue weighted by Gasteiger charge is 2.44. The van der Waals surface area contributed by atoms with Gasteiger partial charge in [-0.3, -0.25) is 0 Å². The Labute approximate surface area is 297 Å². The second-order valence-electron chi connectivity index (χ2n) is 17.4. The molecule has 0 unspecified atom stereocenters. The number of rotatable bonds is 6. The summed E-state index contributed by atoms with van der Waals surface area (Å²) in [5.74, 6) is 2.10.